The van der Waals surface area contributed by atoms with Gasteiger partial charge in [-0.2, -0.15) is 4.83 Å². The first-order chi connectivity index (χ1) is 7.13. The van der Waals surface area contributed by atoms with Crippen LogP contribution in [0.2, 0.25) is 0 Å². The highest BCUT2D eigenvalue weighted by Crippen LogP contribution is 2.22. The van der Waals surface area contributed by atoms with Gasteiger partial charge in [0.25, 0.3) is 10.0 Å². The standard InChI is InChI=1S/C8H12N4O2S/c9-12-15(13,14)7-2-1-6-4-10-5-11-8(6)3-7/h1-3,10-12H,4-5,9H2. The molecular formula is C8H12N4O2S. The lowest BCUT2D eigenvalue weighted by molar-refractivity contribution is 0.584. The van der Waals surface area contributed by atoms with Gasteiger partial charge in [-0.25, -0.2) is 8.42 Å². The summed E-state index contributed by atoms with van der Waals surface area (Å²) >= 11 is 0. The summed E-state index contributed by atoms with van der Waals surface area (Å²) < 4.78 is 22.8. The lowest BCUT2D eigenvalue weighted by atomic mass is 10.1. The maximum Gasteiger partial charge on any atom is 0.253 e. The molecule has 6 nitrogen and oxygen atoms in total. The third kappa shape index (κ3) is 1.95. The Bertz CT molecular complexity index is 472. The number of hydrogen-bond donors (Lipinski definition) is 4. The molecule has 1 aliphatic heterocycles. The molecule has 15 heavy (non-hydrogen) atoms. The SMILES string of the molecule is NNS(=O)(=O)c1ccc2c(c1)NCNC2. The van der Waals surface area contributed by atoms with Crippen LogP contribution in [0.1, 0.15) is 5.56 Å². The molecule has 0 amide bonds. The average Bonchev–Trinajstić information content (AvgIpc) is 2.28. The predicted molar refractivity (Wildman–Crippen MR) is 56.3 cm³/mol. The van der Waals surface area contributed by atoms with Crippen molar-refractivity contribution in [2.75, 3.05) is 12.0 Å². The summed E-state index contributed by atoms with van der Waals surface area (Å²) in [6.07, 6.45) is 0. The molecule has 1 aliphatic rings. The zero-order chi connectivity index (χ0) is 10.9. The van der Waals surface area contributed by atoms with Gasteiger partial charge in [-0.3, -0.25) is 11.2 Å². The highest BCUT2D eigenvalue weighted by molar-refractivity contribution is 7.89. The molecule has 0 unspecified atom stereocenters. The van der Waals surface area contributed by atoms with Gasteiger partial charge in [0.2, 0.25) is 0 Å². The van der Waals surface area contributed by atoms with Gasteiger partial charge in [0.15, 0.2) is 0 Å². The Morgan fingerprint density at radius 3 is 2.93 bits per heavy atom. The fourth-order valence-corrected chi connectivity index (χ4v) is 2.12. The molecule has 5 N–H and O–H groups in total. The number of nitrogens with one attached hydrogen (secondary N) is 3. The lowest BCUT2D eigenvalue weighted by Gasteiger charge is -2.19. The molecule has 0 aromatic heterocycles. The van der Waals surface area contributed by atoms with Crippen LogP contribution >= 0.6 is 0 Å². The van der Waals surface area contributed by atoms with E-state index < -0.39 is 10.0 Å². The van der Waals surface area contributed by atoms with Crippen molar-refractivity contribution in [3.05, 3.63) is 23.8 Å². The van der Waals surface area contributed by atoms with E-state index in [-0.39, 0.29) is 4.90 Å². The lowest BCUT2D eigenvalue weighted by Crippen LogP contribution is -2.31. The zero-order valence-corrected chi connectivity index (χ0v) is 8.76. The van der Waals surface area contributed by atoms with E-state index >= 15 is 0 Å². The molecule has 0 bridgehead atoms. The number of hydrazine groups is 1. The van der Waals surface area contributed by atoms with Crippen LogP contribution in [-0.2, 0) is 16.6 Å². The van der Waals surface area contributed by atoms with Crippen molar-refractivity contribution < 1.29 is 8.42 Å². The average molecular weight is 228 g/mol. The van der Waals surface area contributed by atoms with Crippen LogP contribution in [0.4, 0.5) is 5.69 Å². The van der Waals surface area contributed by atoms with Crippen LogP contribution < -0.4 is 21.3 Å². The Kier molecular flexibility index (Phi) is 2.61. The molecule has 7 heteroatoms. The molecule has 2 rings (SSSR count). The van der Waals surface area contributed by atoms with Gasteiger partial charge in [-0.1, -0.05) is 6.07 Å². The van der Waals surface area contributed by atoms with Gasteiger partial charge in [-0.05, 0) is 17.7 Å². The van der Waals surface area contributed by atoms with Gasteiger partial charge in [0.1, 0.15) is 0 Å². The minimum absolute atomic E-state index is 0.165. The Balaban J connectivity index is 2.45. The minimum Gasteiger partial charge on any atom is -0.372 e. The second kappa shape index (κ2) is 3.78. The van der Waals surface area contributed by atoms with E-state index in [0.29, 0.717) is 6.67 Å². The van der Waals surface area contributed by atoms with Crippen LogP contribution in [0, 0.1) is 0 Å². The van der Waals surface area contributed by atoms with Gasteiger partial charge in [0.05, 0.1) is 11.6 Å². The highest BCUT2D eigenvalue weighted by Gasteiger charge is 2.15. The van der Waals surface area contributed by atoms with E-state index in [1.54, 1.807) is 17.0 Å². The molecule has 0 saturated carbocycles. The van der Waals surface area contributed by atoms with Crippen molar-refractivity contribution in [1.82, 2.24) is 10.1 Å². The third-order valence-corrected chi connectivity index (χ3v) is 3.45. The van der Waals surface area contributed by atoms with Crippen LogP contribution in [0.25, 0.3) is 0 Å². The first-order valence-corrected chi connectivity index (χ1v) is 5.92. The fraction of sp³-hybridized carbons (Fsp3) is 0.250. The van der Waals surface area contributed by atoms with Crippen molar-refractivity contribution in [2.45, 2.75) is 11.4 Å². The van der Waals surface area contributed by atoms with E-state index in [1.165, 1.54) is 6.07 Å². The molecule has 1 aromatic rings. The molecular weight excluding hydrogens is 216 g/mol. The number of sulfonamides is 1. The minimum atomic E-state index is -3.56. The van der Waals surface area contributed by atoms with E-state index in [0.717, 1.165) is 17.8 Å². The number of fused-ring (bicyclic) bond motifs is 1. The molecule has 82 valence electrons. The fourth-order valence-electron chi connectivity index (χ4n) is 1.46. The maximum atomic E-state index is 11.4. The van der Waals surface area contributed by atoms with E-state index in [9.17, 15) is 8.42 Å². The van der Waals surface area contributed by atoms with Crippen molar-refractivity contribution in [3.63, 3.8) is 0 Å². The summed E-state index contributed by atoms with van der Waals surface area (Å²) in [6, 6.07) is 4.87. The number of benzene rings is 1. The summed E-state index contributed by atoms with van der Waals surface area (Å²) in [5, 5.41) is 6.17. The molecule has 1 aromatic carbocycles. The summed E-state index contributed by atoms with van der Waals surface area (Å²) in [7, 11) is -3.56. The van der Waals surface area contributed by atoms with Crippen molar-refractivity contribution in [1.29, 1.82) is 0 Å². The maximum absolute atomic E-state index is 11.4. The van der Waals surface area contributed by atoms with Gasteiger partial charge in [0, 0.05) is 12.2 Å². The van der Waals surface area contributed by atoms with E-state index in [1.807, 2.05) is 0 Å². The topological polar surface area (TPSA) is 96.2 Å². The van der Waals surface area contributed by atoms with Crippen LogP contribution in [0.5, 0.6) is 0 Å². The number of rotatable bonds is 2. The molecule has 0 aliphatic carbocycles. The quantitative estimate of drug-likeness (QED) is 0.397. The normalized spacial score (nSPS) is 15.5. The molecule has 0 atom stereocenters. The van der Waals surface area contributed by atoms with Crippen molar-refractivity contribution in [3.8, 4) is 0 Å². The predicted octanol–water partition coefficient (Wildman–Crippen LogP) is -0.689. The Morgan fingerprint density at radius 1 is 1.40 bits per heavy atom. The van der Waals surface area contributed by atoms with Crippen LogP contribution in [0.15, 0.2) is 23.1 Å². The summed E-state index contributed by atoms with van der Waals surface area (Å²) in [5.41, 5.74) is 1.86. The summed E-state index contributed by atoms with van der Waals surface area (Å²) in [6.45, 7) is 1.37. The van der Waals surface area contributed by atoms with Crippen LogP contribution in [0.3, 0.4) is 0 Å². The molecule has 0 radical (unpaired) electrons. The van der Waals surface area contributed by atoms with Crippen molar-refractivity contribution >= 4 is 15.7 Å². The largest absolute Gasteiger partial charge is 0.372 e. The smallest absolute Gasteiger partial charge is 0.253 e. The van der Waals surface area contributed by atoms with Gasteiger partial charge < -0.3 is 5.32 Å². The van der Waals surface area contributed by atoms with Crippen LogP contribution in [-0.4, -0.2) is 15.1 Å². The monoisotopic (exact) mass is 228 g/mol. The van der Waals surface area contributed by atoms with E-state index in [4.69, 9.17) is 5.84 Å². The Hall–Kier alpha value is -1.15. The highest BCUT2D eigenvalue weighted by atomic mass is 32.2. The third-order valence-electron chi connectivity index (χ3n) is 2.27. The van der Waals surface area contributed by atoms with Crippen molar-refractivity contribution in [2.24, 2.45) is 5.84 Å². The van der Waals surface area contributed by atoms with Gasteiger partial charge in [-0.15, -0.1) is 0 Å². The Morgan fingerprint density at radius 2 is 2.20 bits per heavy atom. The molecule has 1 heterocycles. The number of hydrogen-bond acceptors (Lipinski definition) is 5. The van der Waals surface area contributed by atoms with Gasteiger partial charge >= 0.3 is 0 Å². The summed E-state index contributed by atoms with van der Waals surface area (Å²) in [4.78, 5) is 1.96. The first-order valence-electron chi connectivity index (χ1n) is 4.43. The molecule has 0 spiro atoms. The Labute approximate surface area is 87.9 Å². The second-order valence-electron chi connectivity index (χ2n) is 3.22. The summed E-state index contributed by atoms with van der Waals surface area (Å²) in [5.74, 6) is 4.94. The number of anilines is 1. The van der Waals surface area contributed by atoms with E-state index in [2.05, 4.69) is 10.6 Å². The zero-order valence-electron chi connectivity index (χ0n) is 7.95. The molecule has 0 fully saturated rings. The second-order valence-corrected chi connectivity index (χ2v) is 4.93. The molecule has 0 saturated heterocycles. The number of nitrogens with two attached hydrogens (primary N) is 1. The first kappa shape index (κ1) is 10.4.